The lowest BCUT2D eigenvalue weighted by Gasteiger charge is -2.28. The number of nitrogens with zero attached hydrogens (tertiary/aromatic N) is 3. The van der Waals surface area contributed by atoms with Gasteiger partial charge < -0.3 is 14.6 Å². The molecule has 2 aliphatic heterocycles. The Bertz CT molecular complexity index is 380. The van der Waals surface area contributed by atoms with Crippen molar-refractivity contribution in [3.8, 4) is 0 Å². The third-order valence-corrected chi connectivity index (χ3v) is 4.27. The molecule has 1 aromatic rings. The Morgan fingerprint density at radius 1 is 1.39 bits per heavy atom. The highest BCUT2D eigenvalue weighted by Gasteiger charge is 2.33. The Hall–Kier alpha value is -0.940. The summed E-state index contributed by atoms with van der Waals surface area (Å²) in [6, 6.07) is 1.51. The highest BCUT2D eigenvalue weighted by molar-refractivity contribution is 4.96. The van der Waals surface area contributed by atoms with Crippen LogP contribution in [0.5, 0.6) is 0 Å². The van der Waals surface area contributed by atoms with Gasteiger partial charge in [-0.2, -0.15) is 0 Å². The van der Waals surface area contributed by atoms with Crippen LogP contribution in [0.25, 0.3) is 0 Å². The summed E-state index contributed by atoms with van der Waals surface area (Å²) >= 11 is 0. The number of aromatic nitrogens is 3. The minimum atomic E-state index is 0.725. The molecule has 3 heterocycles. The van der Waals surface area contributed by atoms with Gasteiger partial charge in [0, 0.05) is 32.2 Å². The summed E-state index contributed by atoms with van der Waals surface area (Å²) in [6.07, 6.45) is 8.21. The number of hydrogen-bond acceptors (Lipinski definition) is 4. The highest BCUT2D eigenvalue weighted by Crippen LogP contribution is 2.32. The van der Waals surface area contributed by atoms with Gasteiger partial charge in [0.2, 0.25) is 0 Å². The van der Waals surface area contributed by atoms with Crippen molar-refractivity contribution in [3.05, 3.63) is 12.2 Å². The molecule has 2 unspecified atom stereocenters. The second kappa shape index (κ2) is 5.36. The summed E-state index contributed by atoms with van der Waals surface area (Å²) in [5.74, 6) is 1.90. The SMILES string of the molecule is COCCn1cnnc1CC1CC2CCC(C1)N2. The van der Waals surface area contributed by atoms with Gasteiger partial charge in [-0.15, -0.1) is 10.2 Å². The van der Waals surface area contributed by atoms with E-state index in [0.29, 0.717) is 0 Å². The summed E-state index contributed by atoms with van der Waals surface area (Å²) < 4.78 is 7.25. The quantitative estimate of drug-likeness (QED) is 0.847. The van der Waals surface area contributed by atoms with Gasteiger partial charge in [0.25, 0.3) is 0 Å². The number of fused-ring (bicyclic) bond motifs is 2. The molecule has 0 aromatic carbocycles. The number of ether oxygens (including phenoxy) is 1. The molecule has 1 N–H and O–H groups in total. The van der Waals surface area contributed by atoms with E-state index in [9.17, 15) is 0 Å². The summed E-state index contributed by atoms with van der Waals surface area (Å²) in [4.78, 5) is 0. The molecule has 0 spiro atoms. The van der Waals surface area contributed by atoms with Crippen LogP contribution >= 0.6 is 0 Å². The van der Waals surface area contributed by atoms with E-state index < -0.39 is 0 Å². The molecule has 18 heavy (non-hydrogen) atoms. The normalized spacial score (nSPS) is 30.8. The molecule has 1 aromatic heterocycles. The van der Waals surface area contributed by atoms with Gasteiger partial charge in [0.05, 0.1) is 6.61 Å². The van der Waals surface area contributed by atoms with Crippen LogP contribution in [0, 0.1) is 5.92 Å². The lowest BCUT2D eigenvalue weighted by Crippen LogP contribution is -2.38. The van der Waals surface area contributed by atoms with E-state index >= 15 is 0 Å². The van der Waals surface area contributed by atoms with Crippen LogP contribution in [-0.2, 0) is 17.7 Å². The molecule has 5 heteroatoms. The fraction of sp³-hybridized carbons (Fsp3) is 0.846. The van der Waals surface area contributed by atoms with Gasteiger partial charge >= 0.3 is 0 Å². The van der Waals surface area contributed by atoms with E-state index in [4.69, 9.17) is 4.74 Å². The standard InChI is InChI=1S/C13H22N4O/c1-18-5-4-17-9-14-16-13(17)8-10-6-11-2-3-12(7-10)15-11/h9-12,15H,2-8H2,1H3. The lowest BCUT2D eigenvalue weighted by molar-refractivity contribution is 0.185. The van der Waals surface area contributed by atoms with Gasteiger partial charge in [0.1, 0.15) is 12.2 Å². The Morgan fingerprint density at radius 3 is 2.89 bits per heavy atom. The summed E-state index contributed by atoms with van der Waals surface area (Å²) in [5, 5.41) is 12.0. The van der Waals surface area contributed by atoms with E-state index in [2.05, 4.69) is 20.1 Å². The van der Waals surface area contributed by atoms with Crippen molar-refractivity contribution in [1.29, 1.82) is 0 Å². The number of methoxy groups -OCH3 is 1. The Morgan fingerprint density at radius 2 is 2.17 bits per heavy atom. The molecular weight excluding hydrogens is 228 g/mol. The van der Waals surface area contributed by atoms with Crippen molar-refractivity contribution >= 4 is 0 Å². The fourth-order valence-electron chi connectivity index (χ4n) is 3.41. The predicted octanol–water partition coefficient (Wildman–Crippen LogP) is 0.998. The largest absolute Gasteiger partial charge is 0.383 e. The van der Waals surface area contributed by atoms with Crippen molar-refractivity contribution in [2.24, 2.45) is 5.92 Å². The first kappa shape index (κ1) is 12.1. The Labute approximate surface area is 108 Å². The van der Waals surface area contributed by atoms with Gasteiger partial charge in [-0.1, -0.05) is 0 Å². The molecule has 0 saturated carbocycles. The van der Waals surface area contributed by atoms with Gasteiger partial charge in [0.15, 0.2) is 0 Å². The zero-order chi connectivity index (χ0) is 12.4. The summed E-state index contributed by atoms with van der Waals surface area (Å²) in [6.45, 7) is 1.58. The molecule has 2 aliphatic rings. The monoisotopic (exact) mass is 250 g/mol. The maximum atomic E-state index is 5.12. The molecule has 2 atom stereocenters. The zero-order valence-corrected chi connectivity index (χ0v) is 11.0. The first-order chi connectivity index (χ1) is 8.85. The van der Waals surface area contributed by atoms with Gasteiger partial charge in [-0.25, -0.2) is 0 Å². The lowest BCUT2D eigenvalue weighted by atomic mass is 9.89. The molecule has 100 valence electrons. The minimum Gasteiger partial charge on any atom is -0.383 e. The van der Waals surface area contributed by atoms with Crippen molar-refractivity contribution < 1.29 is 4.74 Å². The van der Waals surface area contributed by atoms with E-state index in [-0.39, 0.29) is 0 Å². The third kappa shape index (κ3) is 2.57. The zero-order valence-electron chi connectivity index (χ0n) is 11.0. The second-order valence-corrected chi connectivity index (χ2v) is 5.61. The molecular formula is C13H22N4O. The minimum absolute atomic E-state index is 0.725. The van der Waals surface area contributed by atoms with Crippen molar-refractivity contribution in [3.63, 3.8) is 0 Å². The van der Waals surface area contributed by atoms with Crippen LogP contribution in [0.15, 0.2) is 6.33 Å². The van der Waals surface area contributed by atoms with Crippen molar-refractivity contribution in [2.75, 3.05) is 13.7 Å². The van der Waals surface area contributed by atoms with Crippen molar-refractivity contribution in [1.82, 2.24) is 20.1 Å². The number of piperidine rings is 1. The fourth-order valence-corrected chi connectivity index (χ4v) is 3.41. The predicted molar refractivity (Wildman–Crippen MR) is 68.3 cm³/mol. The maximum Gasteiger partial charge on any atom is 0.133 e. The highest BCUT2D eigenvalue weighted by atomic mass is 16.5. The van der Waals surface area contributed by atoms with Crippen LogP contribution in [0.2, 0.25) is 0 Å². The average Bonchev–Trinajstić information content (AvgIpc) is 2.94. The molecule has 0 radical (unpaired) electrons. The third-order valence-electron chi connectivity index (χ3n) is 4.27. The van der Waals surface area contributed by atoms with Gasteiger partial charge in [-0.05, 0) is 31.6 Å². The smallest absolute Gasteiger partial charge is 0.133 e. The van der Waals surface area contributed by atoms with E-state index in [1.165, 1.54) is 25.7 Å². The molecule has 0 aliphatic carbocycles. The molecule has 2 bridgehead atoms. The van der Waals surface area contributed by atoms with Crippen molar-refractivity contribution in [2.45, 2.75) is 50.7 Å². The van der Waals surface area contributed by atoms with Crippen LogP contribution < -0.4 is 5.32 Å². The van der Waals surface area contributed by atoms with E-state index in [1.54, 1.807) is 7.11 Å². The first-order valence-electron chi connectivity index (χ1n) is 6.97. The average molecular weight is 250 g/mol. The number of hydrogen-bond donors (Lipinski definition) is 1. The summed E-state index contributed by atoms with van der Waals surface area (Å²) in [5.41, 5.74) is 0. The van der Waals surface area contributed by atoms with Crippen LogP contribution in [0.3, 0.4) is 0 Å². The molecule has 2 fully saturated rings. The number of rotatable bonds is 5. The summed E-state index contributed by atoms with van der Waals surface area (Å²) in [7, 11) is 1.73. The number of nitrogens with one attached hydrogen (secondary N) is 1. The maximum absolute atomic E-state index is 5.12. The van der Waals surface area contributed by atoms with Crippen LogP contribution in [-0.4, -0.2) is 40.6 Å². The van der Waals surface area contributed by atoms with E-state index in [0.717, 1.165) is 43.4 Å². The van der Waals surface area contributed by atoms with Gasteiger partial charge in [-0.3, -0.25) is 0 Å². The molecule has 2 saturated heterocycles. The molecule has 5 nitrogen and oxygen atoms in total. The topological polar surface area (TPSA) is 52.0 Å². The van der Waals surface area contributed by atoms with E-state index in [1.807, 2.05) is 6.33 Å². The Balaban J connectivity index is 1.60. The molecule has 0 amide bonds. The molecule has 3 rings (SSSR count). The second-order valence-electron chi connectivity index (χ2n) is 5.61. The first-order valence-corrected chi connectivity index (χ1v) is 6.97. The Kier molecular flexibility index (Phi) is 3.61. The van der Waals surface area contributed by atoms with Crippen LogP contribution in [0.1, 0.15) is 31.5 Å². The van der Waals surface area contributed by atoms with Crippen LogP contribution in [0.4, 0.5) is 0 Å².